The predicted molar refractivity (Wildman–Crippen MR) is 92.1 cm³/mol. The quantitative estimate of drug-likeness (QED) is 0.532. The summed E-state index contributed by atoms with van der Waals surface area (Å²) in [7, 11) is 0. The largest absolute Gasteiger partial charge is 0.298 e. The fourth-order valence-electron chi connectivity index (χ4n) is 2.56. The van der Waals surface area contributed by atoms with Gasteiger partial charge in [-0.25, -0.2) is 0 Å². The van der Waals surface area contributed by atoms with Gasteiger partial charge >= 0.3 is 0 Å². The Kier molecular flexibility index (Phi) is 4.57. The van der Waals surface area contributed by atoms with Crippen molar-refractivity contribution >= 4 is 12.1 Å². The van der Waals surface area contributed by atoms with Crippen molar-refractivity contribution in [2.45, 2.75) is 13.3 Å². The van der Waals surface area contributed by atoms with Crippen LogP contribution in [-0.4, -0.2) is 22.0 Å². The van der Waals surface area contributed by atoms with Crippen LogP contribution in [0.2, 0.25) is 0 Å². The third-order valence-electron chi connectivity index (χ3n) is 3.92. The van der Waals surface area contributed by atoms with Gasteiger partial charge in [-0.05, 0) is 36.2 Å². The molecule has 0 atom stereocenters. The van der Waals surface area contributed by atoms with E-state index >= 15 is 0 Å². The number of Topliss-reactive ketones (excluding diaryl/α,β-unsaturated/α-hetero) is 1. The van der Waals surface area contributed by atoms with Gasteiger partial charge in [0.05, 0.1) is 5.69 Å². The average molecular weight is 316 g/mol. The smallest absolute Gasteiger partial charge is 0.185 e. The minimum Gasteiger partial charge on any atom is -0.298 e. The van der Waals surface area contributed by atoms with Gasteiger partial charge in [-0.2, -0.15) is 0 Å². The van der Waals surface area contributed by atoms with Crippen LogP contribution in [0.1, 0.15) is 32.0 Å². The zero-order chi connectivity index (χ0) is 16.9. The van der Waals surface area contributed by atoms with E-state index < -0.39 is 0 Å². The Bertz CT molecular complexity index is 872. The normalized spacial score (nSPS) is 10.4. The van der Waals surface area contributed by atoms with E-state index in [0.29, 0.717) is 17.5 Å². The summed E-state index contributed by atoms with van der Waals surface area (Å²) in [6, 6.07) is 14.9. The van der Waals surface area contributed by atoms with E-state index in [0.717, 1.165) is 22.4 Å². The summed E-state index contributed by atoms with van der Waals surface area (Å²) < 4.78 is 0. The molecule has 0 N–H and O–H groups in total. The van der Waals surface area contributed by atoms with Crippen LogP contribution in [0.25, 0.3) is 11.3 Å². The van der Waals surface area contributed by atoms with Crippen LogP contribution in [0.4, 0.5) is 0 Å². The molecule has 118 valence electrons. The summed E-state index contributed by atoms with van der Waals surface area (Å²) >= 11 is 0. The van der Waals surface area contributed by atoms with Crippen molar-refractivity contribution in [1.82, 2.24) is 9.97 Å². The molecule has 0 amide bonds. The SMILES string of the molecule is Cc1c(CC(=O)c2ccc(C=O)cn2)ccnc1-c1ccccc1. The minimum absolute atomic E-state index is 0.0826. The second-order valence-electron chi connectivity index (χ2n) is 5.50. The zero-order valence-corrected chi connectivity index (χ0v) is 13.3. The molecule has 2 heterocycles. The standard InChI is InChI=1S/C20H16N2O2/c1-14-17(9-10-21-20(14)16-5-3-2-4-6-16)11-19(24)18-8-7-15(13-23)12-22-18/h2-10,12-13H,11H2,1H3. The zero-order valence-electron chi connectivity index (χ0n) is 13.3. The Morgan fingerprint density at radius 3 is 2.50 bits per heavy atom. The molecule has 0 saturated heterocycles. The fourth-order valence-corrected chi connectivity index (χ4v) is 2.56. The maximum atomic E-state index is 12.4. The van der Waals surface area contributed by atoms with Gasteiger partial charge in [-0.1, -0.05) is 30.3 Å². The first-order chi connectivity index (χ1) is 11.7. The van der Waals surface area contributed by atoms with Gasteiger partial charge < -0.3 is 0 Å². The molecule has 0 aliphatic rings. The van der Waals surface area contributed by atoms with Crippen molar-refractivity contribution in [1.29, 1.82) is 0 Å². The number of hydrogen-bond acceptors (Lipinski definition) is 4. The number of hydrogen-bond donors (Lipinski definition) is 0. The third-order valence-corrected chi connectivity index (χ3v) is 3.92. The maximum Gasteiger partial charge on any atom is 0.185 e. The molecule has 0 saturated carbocycles. The number of aromatic nitrogens is 2. The minimum atomic E-state index is -0.0826. The molecule has 4 heteroatoms. The summed E-state index contributed by atoms with van der Waals surface area (Å²) in [5, 5.41) is 0. The molecule has 0 aliphatic carbocycles. The lowest BCUT2D eigenvalue weighted by molar-refractivity contribution is 0.0987. The Labute approximate surface area is 140 Å². The van der Waals surface area contributed by atoms with E-state index in [4.69, 9.17) is 0 Å². The monoisotopic (exact) mass is 316 g/mol. The number of carbonyl (C=O) groups excluding carboxylic acids is 2. The molecular weight excluding hydrogens is 300 g/mol. The lowest BCUT2D eigenvalue weighted by Gasteiger charge is -2.10. The van der Waals surface area contributed by atoms with Crippen LogP contribution >= 0.6 is 0 Å². The van der Waals surface area contributed by atoms with E-state index in [1.807, 2.05) is 43.3 Å². The first-order valence-corrected chi connectivity index (χ1v) is 7.63. The highest BCUT2D eigenvalue weighted by Gasteiger charge is 2.13. The molecule has 2 aromatic heterocycles. The third kappa shape index (κ3) is 3.27. The number of benzene rings is 1. The van der Waals surface area contributed by atoms with Crippen LogP contribution in [0, 0.1) is 6.92 Å². The highest BCUT2D eigenvalue weighted by Crippen LogP contribution is 2.23. The van der Waals surface area contributed by atoms with Gasteiger partial charge in [-0.15, -0.1) is 0 Å². The van der Waals surface area contributed by atoms with Crippen LogP contribution in [0.5, 0.6) is 0 Å². The van der Waals surface area contributed by atoms with Crippen molar-refractivity contribution in [2.24, 2.45) is 0 Å². The summed E-state index contributed by atoms with van der Waals surface area (Å²) in [4.78, 5) is 31.6. The molecule has 24 heavy (non-hydrogen) atoms. The second-order valence-corrected chi connectivity index (χ2v) is 5.50. The second kappa shape index (κ2) is 6.96. The molecule has 1 aromatic carbocycles. The van der Waals surface area contributed by atoms with E-state index in [1.165, 1.54) is 6.20 Å². The van der Waals surface area contributed by atoms with Gasteiger partial charge in [0.2, 0.25) is 0 Å². The summed E-state index contributed by atoms with van der Waals surface area (Å²) in [5.41, 5.74) is 4.63. The first-order valence-electron chi connectivity index (χ1n) is 7.63. The van der Waals surface area contributed by atoms with Crippen molar-refractivity contribution in [3.8, 4) is 11.3 Å². The maximum absolute atomic E-state index is 12.4. The molecular formula is C20H16N2O2. The number of pyridine rings is 2. The summed E-state index contributed by atoms with van der Waals surface area (Å²) in [6.07, 6.45) is 4.10. The molecule has 0 fully saturated rings. The Morgan fingerprint density at radius 1 is 1.04 bits per heavy atom. The first kappa shape index (κ1) is 15.7. The Balaban J connectivity index is 1.87. The Morgan fingerprint density at radius 2 is 1.83 bits per heavy atom. The van der Waals surface area contributed by atoms with Gasteiger partial charge in [0.1, 0.15) is 5.69 Å². The molecule has 3 rings (SSSR count). The average Bonchev–Trinajstić information content (AvgIpc) is 2.64. The number of carbonyl (C=O) groups is 2. The fraction of sp³-hybridized carbons (Fsp3) is 0.100. The number of nitrogens with zero attached hydrogens (tertiary/aromatic N) is 2. The van der Waals surface area contributed by atoms with Crippen molar-refractivity contribution in [3.05, 3.63) is 83.3 Å². The van der Waals surface area contributed by atoms with Crippen molar-refractivity contribution < 1.29 is 9.59 Å². The van der Waals surface area contributed by atoms with Gasteiger partial charge in [0, 0.05) is 29.9 Å². The van der Waals surface area contributed by atoms with Crippen LogP contribution in [-0.2, 0) is 6.42 Å². The van der Waals surface area contributed by atoms with Crippen LogP contribution in [0.3, 0.4) is 0 Å². The van der Waals surface area contributed by atoms with E-state index in [2.05, 4.69) is 9.97 Å². The number of ketones is 1. The topological polar surface area (TPSA) is 59.9 Å². The molecule has 0 unspecified atom stereocenters. The predicted octanol–water partition coefficient (Wildman–Crippen LogP) is 3.69. The van der Waals surface area contributed by atoms with Crippen molar-refractivity contribution in [2.75, 3.05) is 0 Å². The summed E-state index contributed by atoms with van der Waals surface area (Å²) in [6.45, 7) is 1.97. The molecule has 0 radical (unpaired) electrons. The van der Waals surface area contributed by atoms with E-state index in [1.54, 1.807) is 18.3 Å². The van der Waals surface area contributed by atoms with E-state index in [9.17, 15) is 9.59 Å². The van der Waals surface area contributed by atoms with Crippen LogP contribution in [0.15, 0.2) is 60.9 Å². The number of rotatable bonds is 5. The lowest BCUT2D eigenvalue weighted by atomic mass is 9.98. The molecule has 3 aromatic rings. The van der Waals surface area contributed by atoms with Gasteiger partial charge in [0.15, 0.2) is 12.1 Å². The van der Waals surface area contributed by atoms with Gasteiger partial charge in [-0.3, -0.25) is 19.6 Å². The highest BCUT2D eigenvalue weighted by molar-refractivity contribution is 5.96. The Hall–Kier alpha value is -3.14. The highest BCUT2D eigenvalue weighted by atomic mass is 16.1. The number of aldehydes is 1. The lowest BCUT2D eigenvalue weighted by Crippen LogP contribution is -2.08. The molecule has 0 spiro atoms. The van der Waals surface area contributed by atoms with Gasteiger partial charge in [0.25, 0.3) is 0 Å². The van der Waals surface area contributed by atoms with Crippen LogP contribution < -0.4 is 0 Å². The summed E-state index contributed by atoms with van der Waals surface area (Å²) in [5.74, 6) is -0.0826. The molecule has 4 nitrogen and oxygen atoms in total. The molecule has 0 bridgehead atoms. The van der Waals surface area contributed by atoms with Crippen molar-refractivity contribution in [3.63, 3.8) is 0 Å². The molecule has 0 aliphatic heterocycles. The van der Waals surface area contributed by atoms with E-state index in [-0.39, 0.29) is 12.2 Å².